The number of hydrogen-bond donors (Lipinski definition) is 2. The molecule has 6 nitrogen and oxygen atoms in total. The second kappa shape index (κ2) is 6.76. The Balaban J connectivity index is 1.73. The first-order chi connectivity index (χ1) is 12.2. The number of thiophene rings is 1. The number of carbonyl (C=O) groups is 1. The number of aryl methyl sites for hydroxylation is 2. The molecule has 1 aliphatic rings. The summed E-state index contributed by atoms with van der Waals surface area (Å²) in [6.45, 7) is 2.72. The first kappa shape index (κ1) is 16.0. The highest BCUT2D eigenvalue weighted by atomic mass is 32.1. The topological polar surface area (TPSA) is 79.8 Å². The Bertz CT molecular complexity index is 922. The molecule has 1 amide bonds. The smallest absolute Gasteiger partial charge is 0.216 e. The lowest BCUT2D eigenvalue weighted by Crippen LogP contribution is -2.26. The van der Waals surface area contributed by atoms with E-state index in [9.17, 15) is 4.79 Å². The molecule has 0 fully saturated rings. The number of hydrogen-bond acceptors (Lipinski definition) is 6. The van der Waals surface area contributed by atoms with Crippen LogP contribution >= 0.6 is 11.3 Å². The molecule has 0 atom stereocenters. The van der Waals surface area contributed by atoms with E-state index in [1.165, 1.54) is 23.8 Å². The predicted octanol–water partition coefficient (Wildman–Crippen LogP) is 2.79. The third-order valence-electron chi connectivity index (χ3n) is 4.28. The third-order valence-corrected chi connectivity index (χ3v) is 5.46. The quantitative estimate of drug-likeness (QED) is 0.690. The van der Waals surface area contributed by atoms with E-state index < -0.39 is 0 Å². The number of rotatable bonds is 5. The van der Waals surface area contributed by atoms with Crippen LogP contribution in [0.3, 0.4) is 0 Å². The Hall–Kier alpha value is -2.54. The van der Waals surface area contributed by atoms with E-state index in [4.69, 9.17) is 9.97 Å². The van der Waals surface area contributed by atoms with Crippen molar-refractivity contribution in [3.05, 3.63) is 35.0 Å². The Morgan fingerprint density at radius 2 is 2.20 bits per heavy atom. The van der Waals surface area contributed by atoms with Crippen molar-refractivity contribution < 1.29 is 4.79 Å². The molecule has 0 bridgehead atoms. The molecule has 0 radical (unpaired) electrons. The van der Waals surface area contributed by atoms with E-state index in [0.717, 1.165) is 34.4 Å². The molecule has 7 heteroatoms. The molecular weight excluding hydrogens is 334 g/mol. The summed E-state index contributed by atoms with van der Waals surface area (Å²) < 4.78 is 0. The summed E-state index contributed by atoms with van der Waals surface area (Å²) in [5.41, 5.74) is 2.29. The summed E-state index contributed by atoms with van der Waals surface area (Å²) >= 11 is 1.77. The van der Waals surface area contributed by atoms with Crippen LogP contribution in [0.4, 0.5) is 5.82 Å². The van der Waals surface area contributed by atoms with Crippen LogP contribution in [0.15, 0.2) is 24.5 Å². The largest absolute Gasteiger partial charge is 0.368 e. The third kappa shape index (κ3) is 3.19. The first-order valence-corrected chi connectivity index (χ1v) is 9.25. The van der Waals surface area contributed by atoms with Gasteiger partial charge in [0.15, 0.2) is 5.82 Å². The molecule has 1 aliphatic carbocycles. The number of fused-ring (bicyclic) bond motifs is 3. The molecule has 0 aromatic carbocycles. The highest BCUT2D eigenvalue weighted by molar-refractivity contribution is 7.19. The zero-order valence-corrected chi connectivity index (χ0v) is 14.8. The van der Waals surface area contributed by atoms with Crippen molar-refractivity contribution in [3.8, 4) is 11.4 Å². The fourth-order valence-electron chi connectivity index (χ4n) is 3.17. The number of pyridine rings is 1. The van der Waals surface area contributed by atoms with Gasteiger partial charge in [0.05, 0.1) is 5.39 Å². The Kier molecular flexibility index (Phi) is 4.31. The minimum absolute atomic E-state index is 0.0258. The van der Waals surface area contributed by atoms with Crippen LogP contribution in [-0.4, -0.2) is 33.9 Å². The van der Waals surface area contributed by atoms with E-state index in [1.807, 2.05) is 12.1 Å². The molecule has 0 unspecified atom stereocenters. The minimum atomic E-state index is -0.0258. The van der Waals surface area contributed by atoms with E-state index in [0.29, 0.717) is 18.9 Å². The van der Waals surface area contributed by atoms with Gasteiger partial charge < -0.3 is 10.6 Å². The molecule has 4 rings (SSSR count). The van der Waals surface area contributed by atoms with Gasteiger partial charge in [-0.2, -0.15) is 0 Å². The second-order valence-corrected chi connectivity index (χ2v) is 7.17. The van der Waals surface area contributed by atoms with Crippen molar-refractivity contribution in [2.45, 2.75) is 26.2 Å². The van der Waals surface area contributed by atoms with Gasteiger partial charge in [-0.25, -0.2) is 9.97 Å². The number of anilines is 1. The van der Waals surface area contributed by atoms with Crippen LogP contribution in [0.25, 0.3) is 21.6 Å². The molecule has 128 valence electrons. The highest BCUT2D eigenvalue weighted by Crippen LogP contribution is 2.40. The number of carbonyl (C=O) groups excluding carboxylic acids is 1. The van der Waals surface area contributed by atoms with Crippen molar-refractivity contribution in [1.29, 1.82) is 0 Å². The molecule has 0 saturated heterocycles. The fraction of sp³-hybridized carbons (Fsp3) is 0.333. The average Bonchev–Trinajstić information content (AvgIpc) is 3.19. The zero-order valence-electron chi connectivity index (χ0n) is 14.0. The van der Waals surface area contributed by atoms with Crippen molar-refractivity contribution in [2.75, 3.05) is 18.4 Å². The van der Waals surface area contributed by atoms with E-state index in [-0.39, 0.29) is 5.91 Å². The summed E-state index contributed by atoms with van der Waals surface area (Å²) in [5, 5.41) is 7.34. The first-order valence-electron chi connectivity index (χ1n) is 8.43. The maximum Gasteiger partial charge on any atom is 0.216 e. The van der Waals surface area contributed by atoms with Crippen LogP contribution < -0.4 is 10.6 Å². The van der Waals surface area contributed by atoms with Gasteiger partial charge in [0.2, 0.25) is 5.91 Å². The molecule has 0 aliphatic heterocycles. The van der Waals surface area contributed by atoms with Gasteiger partial charge in [-0.05, 0) is 37.0 Å². The van der Waals surface area contributed by atoms with Gasteiger partial charge in [0.25, 0.3) is 0 Å². The monoisotopic (exact) mass is 353 g/mol. The maximum absolute atomic E-state index is 11.0. The van der Waals surface area contributed by atoms with E-state index >= 15 is 0 Å². The highest BCUT2D eigenvalue weighted by Gasteiger charge is 2.22. The zero-order chi connectivity index (χ0) is 17.2. The van der Waals surface area contributed by atoms with Crippen LogP contribution in [0.1, 0.15) is 23.8 Å². The van der Waals surface area contributed by atoms with Gasteiger partial charge in [-0.3, -0.25) is 9.78 Å². The summed E-state index contributed by atoms with van der Waals surface area (Å²) in [6, 6.07) is 3.86. The van der Waals surface area contributed by atoms with Crippen LogP contribution in [0.5, 0.6) is 0 Å². The normalized spacial score (nSPS) is 13.0. The predicted molar refractivity (Wildman–Crippen MR) is 99.8 cm³/mol. The van der Waals surface area contributed by atoms with Crippen molar-refractivity contribution in [1.82, 2.24) is 20.3 Å². The van der Waals surface area contributed by atoms with Gasteiger partial charge in [-0.15, -0.1) is 11.3 Å². The number of nitrogens with zero attached hydrogens (tertiary/aromatic N) is 3. The van der Waals surface area contributed by atoms with Crippen LogP contribution in [-0.2, 0) is 17.6 Å². The standard InChI is InChI=1S/C18H19N5OS/c1-11(24)20-8-9-21-17-15-13-5-2-6-14(13)25-18(15)23-16(22-17)12-4-3-7-19-10-12/h3-4,7,10H,2,5-6,8-9H2,1H3,(H,20,24)(H,21,22,23). The number of amides is 1. The summed E-state index contributed by atoms with van der Waals surface area (Å²) in [5.74, 6) is 1.51. The van der Waals surface area contributed by atoms with E-state index in [1.54, 1.807) is 23.7 Å². The Morgan fingerprint density at radius 3 is 3.00 bits per heavy atom. The number of nitrogens with one attached hydrogen (secondary N) is 2. The molecule has 25 heavy (non-hydrogen) atoms. The Morgan fingerprint density at radius 1 is 1.28 bits per heavy atom. The number of aromatic nitrogens is 3. The average molecular weight is 353 g/mol. The lowest BCUT2D eigenvalue weighted by molar-refractivity contribution is -0.118. The summed E-state index contributed by atoms with van der Waals surface area (Å²) in [6.07, 6.45) is 6.94. The molecule has 3 aromatic heterocycles. The molecule has 3 aromatic rings. The fourth-order valence-corrected chi connectivity index (χ4v) is 4.43. The SMILES string of the molecule is CC(=O)NCCNc1nc(-c2cccnc2)nc2sc3c(c12)CCC3. The summed E-state index contributed by atoms with van der Waals surface area (Å²) in [4.78, 5) is 27.2. The lowest BCUT2D eigenvalue weighted by Gasteiger charge is -2.10. The molecule has 3 heterocycles. The van der Waals surface area contributed by atoms with Crippen LogP contribution in [0.2, 0.25) is 0 Å². The van der Waals surface area contributed by atoms with Crippen molar-refractivity contribution in [2.24, 2.45) is 0 Å². The van der Waals surface area contributed by atoms with Crippen molar-refractivity contribution in [3.63, 3.8) is 0 Å². The lowest BCUT2D eigenvalue weighted by atomic mass is 10.2. The minimum Gasteiger partial charge on any atom is -0.368 e. The second-order valence-electron chi connectivity index (χ2n) is 6.08. The molecule has 2 N–H and O–H groups in total. The van der Waals surface area contributed by atoms with Gasteiger partial charge in [-0.1, -0.05) is 0 Å². The molecule has 0 spiro atoms. The molecular formula is C18H19N5OS. The van der Waals surface area contributed by atoms with Gasteiger partial charge in [0, 0.05) is 42.8 Å². The maximum atomic E-state index is 11.0. The van der Waals surface area contributed by atoms with Gasteiger partial charge >= 0.3 is 0 Å². The summed E-state index contributed by atoms with van der Waals surface area (Å²) in [7, 11) is 0. The Labute approximate surface area is 149 Å². The van der Waals surface area contributed by atoms with Crippen LogP contribution in [0, 0.1) is 0 Å². The van der Waals surface area contributed by atoms with Crippen molar-refractivity contribution >= 4 is 33.3 Å². The van der Waals surface area contributed by atoms with E-state index in [2.05, 4.69) is 15.6 Å². The van der Waals surface area contributed by atoms with Gasteiger partial charge in [0.1, 0.15) is 10.6 Å². The molecule has 0 saturated carbocycles.